The molecule has 15 heavy (non-hydrogen) atoms. The van der Waals surface area contributed by atoms with E-state index in [2.05, 4.69) is 21.0 Å². The zero-order valence-corrected chi connectivity index (χ0v) is 9.63. The van der Waals surface area contributed by atoms with E-state index in [9.17, 15) is 5.11 Å². The highest BCUT2D eigenvalue weighted by molar-refractivity contribution is 9.09. The number of hydrogen-bond donors (Lipinski definition) is 1. The molecule has 1 atom stereocenters. The maximum atomic E-state index is 9.59. The van der Waals surface area contributed by atoms with E-state index < -0.39 is 6.10 Å². The second-order valence-corrected chi connectivity index (χ2v) is 3.87. The molecule has 3 nitrogen and oxygen atoms in total. The Labute approximate surface area is 96.5 Å². The summed E-state index contributed by atoms with van der Waals surface area (Å²) >= 11 is 3.23. The number of alkyl halides is 1. The molecule has 0 saturated heterocycles. The summed E-state index contributed by atoms with van der Waals surface area (Å²) in [4.78, 5) is 0. The third-order valence-corrected chi connectivity index (χ3v) is 2.77. The average molecular weight is 267 g/mol. The van der Waals surface area contributed by atoms with Gasteiger partial charge in [0.25, 0.3) is 0 Å². The van der Waals surface area contributed by atoms with Gasteiger partial charge in [-0.3, -0.25) is 0 Å². The van der Waals surface area contributed by atoms with Gasteiger partial charge in [0.2, 0.25) is 0 Å². The number of aliphatic hydroxyl groups is 1. The molecule has 0 amide bonds. The number of benzene rings is 1. The van der Waals surface area contributed by atoms with Crippen molar-refractivity contribution >= 4 is 15.9 Å². The molecule has 1 unspecified atom stereocenters. The highest BCUT2D eigenvalue weighted by Crippen LogP contribution is 2.15. The highest BCUT2D eigenvalue weighted by atomic mass is 79.9. The lowest BCUT2D eigenvalue weighted by Gasteiger charge is -2.02. The number of hydrogen-bond acceptors (Lipinski definition) is 2. The highest BCUT2D eigenvalue weighted by Gasteiger charge is 2.08. The first-order chi connectivity index (χ1) is 7.31. The average Bonchev–Trinajstić information content (AvgIpc) is 2.78. The lowest BCUT2D eigenvalue weighted by molar-refractivity contribution is 0.205. The van der Waals surface area contributed by atoms with E-state index in [1.807, 2.05) is 36.5 Å². The molecule has 4 heteroatoms. The van der Waals surface area contributed by atoms with Crippen LogP contribution in [-0.2, 0) is 0 Å². The third-order valence-electron chi connectivity index (χ3n) is 2.15. The van der Waals surface area contributed by atoms with E-state index >= 15 is 0 Å². The van der Waals surface area contributed by atoms with Crippen LogP contribution in [0.2, 0.25) is 0 Å². The van der Waals surface area contributed by atoms with Crippen molar-refractivity contribution < 1.29 is 5.11 Å². The van der Waals surface area contributed by atoms with Crippen LogP contribution < -0.4 is 0 Å². The van der Waals surface area contributed by atoms with Gasteiger partial charge in [-0.05, 0) is 12.1 Å². The van der Waals surface area contributed by atoms with E-state index in [0.717, 1.165) is 11.3 Å². The fourth-order valence-corrected chi connectivity index (χ4v) is 1.69. The van der Waals surface area contributed by atoms with Crippen LogP contribution in [-0.4, -0.2) is 20.2 Å². The summed E-state index contributed by atoms with van der Waals surface area (Å²) in [5, 5.41) is 14.3. The lowest BCUT2D eigenvalue weighted by Crippen LogP contribution is -1.96. The fourth-order valence-electron chi connectivity index (χ4n) is 1.32. The van der Waals surface area contributed by atoms with Crippen LogP contribution in [0.25, 0.3) is 5.69 Å². The Morgan fingerprint density at radius 3 is 2.73 bits per heavy atom. The Kier molecular flexibility index (Phi) is 3.18. The lowest BCUT2D eigenvalue weighted by atomic mass is 10.2. The zero-order chi connectivity index (χ0) is 10.7. The first kappa shape index (κ1) is 10.4. The molecule has 1 N–H and O–H groups in total. The van der Waals surface area contributed by atoms with Crippen LogP contribution in [0.1, 0.15) is 11.7 Å². The van der Waals surface area contributed by atoms with Gasteiger partial charge >= 0.3 is 0 Å². The van der Waals surface area contributed by atoms with E-state index in [0.29, 0.717) is 5.33 Å². The summed E-state index contributed by atoms with van der Waals surface area (Å²) in [6.45, 7) is 0. The van der Waals surface area contributed by atoms with Crippen LogP contribution in [0, 0.1) is 0 Å². The number of rotatable bonds is 3. The predicted molar refractivity (Wildman–Crippen MR) is 62.3 cm³/mol. The number of aliphatic hydroxyl groups excluding tert-OH is 1. The molecule has 2 aromatic rings. The zero-order valence-electron chi connectivity index (χ0n) is 8.05. The van der Waals surface area contributed by atoms with Gasteiger partial charge in [0, 0.05) is 17.1 Å². The van der Waals surface area contributed by atoms with Crippen molar-refractivity contribution in [2.75, 3.05) is 5.33 Å². The molecule has 0 fully saturated rings. The standard InChI is InChI=1S/C11H11BrN2O/c12-6-11(15)9-7-13-14(8-9)10-4-2-1-3-5-10/h1-5,7-8,11,15H,6H2. The molecular formula is C11H11BrN2O. The molecule has 0 aliphatic carbocycles. The number of aromatic nitrogens is 2. The SMILES string of the molecule is OC(CBr)c1cnn(-c2ccccc2)c1. The molecule has 2 rings (SSSR count). The topological polar surface area (TPSA) is 38.1 Å². The van der Waals surface area contributed by atoms with Crippen molar-refractivity contribution in [1.82, 2.24) is 9.78 Å². The Balaban J connectivity index is 2.28. The first-order valence-electron chi connectivity index (χ1n) is 4.65. The molecule has 78 valence electrons. The smallest absolute Gasteiger partial charge is 0.0917 e. The van der Waals surface area contributed by atoms with Crippen molar-refractivity contribution in [1.29, 1.82) is 0 Å². The Bertz CT molecular complexity index is 427. The van der Waals surface area contributed by atoms with Gasteiger partial charge < -0.3 is 5.11 Å². The van der Waals surface area contributed by atoms with Crippen LogP contribution >= 0.6 is 15.9 Å². The number of para-hydroxylation sites is 1. The van der Waals surface area contributed by atoms with Crippen molar-refractivity contribution in [3.05, 3.63) is 48.3 Å². The Morgan fingerprint density at radius 2 is 2.07 bits per heavy atom. The monoisotopic (exact) mass is 266 g/mol. The van der Waals surface area contributed by atoms with E-state index in [-0.39, 0.29) is 0 Å². The van der Waals surface area contributed by atoms with Gasteiger partial charge in [0.1, 0.15) is 0 Å². The molecular weight excluding hydrogens is 256 g/mol. The minimum absolute atomic E-state index is 0.498. The molecule has 1 aromatic carbocycles. The van der Waals surface area contributed by atoms with Crippen LogP contribution in [0.15, 0.2) is 42.7 Å². The van der Waals surface area contributed by atoms with Gasteiger partial charge in [-0.25, -0.2) is 4.68 Å². The van der Waals surface area contributed by atoms with Crippen LogP contribution in [0.3, 0.4) is 0 Å². The minimum Gasteiger partial charge on any atom is -0.387 e. The van der Waals surface area contributed by atoms with Gasteiger partial charge in [-0.2, -0.15) is 5.10 Å². The molecule has 0 aliphatic rings. The summed E-state index contributed by atoms with van der Waals surface area (Å²) in [5.41, 5.74) is 1.81. The number of nitrogens with zero attached hydrogens (tertiary/aromatic N) is 2. The normalized spacial score (nSPS) is 12.7. The molecule has 1 heterocycles. The second-order valence-electron chi connectivity index (χ2n) is 3.22. The van der Waals surface area contributed by atoms with Crippen molar-refractivity contribution in [2.45, 2.75) is 6.10 Å². The van der Waals surface area contributed by atoms with Crippen molar-refractivity contribution in [2.24, 2.45) is 0 Å². The summed E-state index contributed by atoms with van der Waals surface area (Å²) in [6.07, 6.45) is 3.02. The van der Waals surface area contributed by atoms with Gasteiger partial charge in [0.05, 0.1) is 18.0 Å². The van der Waals surface area contributed by atoms with Gasteiger partial charge in [-0.15, -0.1) is 0 Å². The summed E-state index contributed by atoms with van der Waals surface area (Å²) in [7, 11) is 0. The van der Waals surface area contributed by atoms with Crippen LogP contribution in [0.5, 0.6) is 0 Å². The van der Waals surface area contributed by atoms with Crippen LogP contribution in [0.4, 0.5) is 0 Å². The van der Waals surface area contributed by atoms with E-state index in [4.69, 9.17) is 0 Å². The maximum absolute atomic E-state index is 9.59. The molecule has 0 aliphatic heterocycles. The molecule has 0 bridgehead atoms. The quantitative estimate of drug-likeness (QED) is 0.866. The molecule has 0 spiro atoms. The Morgan fingerprint density at radius 1 is 1.33 bits per heavy atom. The summed E-state index contributed by atoms with van der Waals surface area (Å²) < 4.78 is 1.75. The largest absolute Gasteiger partial charge is 0.387 e. The van der Waals surface area contributed by atoms with E-state index in [1.54, 1.807) is 10.9 Å². The predicted octanol–water partition coefficient (Wildman–Crippen LogP) is 2.30. The molecule has 0 saturated carbocycles. The van der Waals surface area contributed by atoms with Gasteiger partial charge in [0.15, 0.2) is 0 Å². The second kappa shape index (κ2) is 4.59. The Hall–Kier alpha value is -1.13. The van der Waals surface area contributed by atoms with Gasteiger partial charge in [-0.1, -0.05) is 34.1 Å². The summed E-state index contributed by atoms with van der Waals surface area (Å²) in [6, 6.07) is 9.81. The maximum Gasteiger partial charge on any atom is 0.0917 e. The van der Waals surface area contributed by atoms with Crippen molar-refractivity contribution in [3.8, 4) is 5.69 Å². The first-order valence-corrected chi connectivity index (χ1v) is 5.77. The fraction of sp³-hybridized carbons (Fsp3) is 0.182. The minimum atomic E-state index is -0.498. The van der Waals surface area contributed by atoms with E-state index in [1.165, 1.54) is 0 Å². The van der Waals surface area contributed by atoms with Crippen molar-refractivity contribution in [3.63, 3.8) is 0 Å². The summed E-state index contributed by atoms with van der Waals surface area (Å²) in [5.74, 6) is 0. The molecule has 1 aromatic heterocycles. The third kappa shape index (κ3) is 2.27. The number of halogens is 1. The molecule has 0 radical (unpaired) electrons.